The van der Waals surface area contributed by atoms with Crippen molar-refractivity contribution >= 4 is 17.7 Å². The molecule has 2 saturated heterocycles. The number of benzene rings is 1. The number of carbonyl (C=O) groups is 3. The fraction of sp³-hybridized carbons (Fsp3) is 0.500. The van der Waals surface area contributed by atoms with E-state index < -0.39 is 0 Å². The molecule has 1 aromatic rings. The van der Waals surface area contributed by atoms with Gasteiger partial charge in [-0.05, 0) is 43.9 Å². The third-order valence-corrected chi connectivity index (χ3v) is 5.02. The molecule has 3 aliphatic rings. The molecule has 0 saturated carbocycles. The molecular formula is C18H20N2O4. The van der Waals surface area contributed by atoms with E-state index in [9.17, 15) is 14.4 Å². The number of ether oxygens (including phenoxy) is 1. The molecule has 0 radical (unpaired) electrons. The Kier molecular flexibility index (Phi) is 3.84. The summed E-state index contributed by atoms with van der Waals surface area (Å²) in [5, 5.41) is 0. The van der Waals surface area contributed by atoms with Crippen molar-refractivity contribution in [2.24, 2.45) is 0 Å². The fourth-order valence-electron chi connectivity index (χ4n) is 3.68. The minimum Gasteiger partial charge on any atom is -0.376 e. The Morgan fingerprint density at radius 1 is 1.08 bits per heavy atom. The van der Waals surface area contributed by atoms with Gasteiger partial charge in [-0.15, -0.1) is 0 Å². The Morgan fingerprint density at radius 2 is 1.83 bits per heavy atom. The zero-order chi connectivity index (χ0) is 16.7. The van der Waals surface area contributed by atoms with Crippen LogP contribution in [0, 0.1) is 0 Å². The minimum absolute atomic E-state index is 0.0619. The van der Waals surface area contributed by atoms with Gasteiger partial charge in [-0.2, -0.15) is 0 Å². The minimum atomic E-state index is -0.318. The molecule has 126 valence electrons. The van der Waals surface area contributed by atoms with Crippen LogP contribution < -0.4 is 0 Å². The van der Waals surface area contributed by atoms with Crippen LogP contribution in [0.5, 0.6) is 0 Å². The third-order valence-electron chi connectivity index (χ3n) is 5.02. The van der Waals surface area contributed by atoms with Gasteiger partial charge in [0.1, 0.15) is 0 Å². The summed E-state index contributed by atoms with van der Waals surface area (Å²) in [6.07, 6.45) is 3.79. The van der Waals surface area contributed by atoms with Crippen LogP contribution in [0.15, 0.2) is 18.2 Å². The van der Waals surface area contributed by atoms with E-state index in [1.165, 1.54) is 4.90 Å². The first kappa shape index (κ1) is 15.3. The Labute approximate surface area is 140 Å². The highest BCUT2D eigenvalue weighted by Gasteiger charge is 2.38. The number of rotatable bonds is 3. The average Bonchev–Trinajstić information content (AvgIpc) is 3.33. The number of hydrogen-bond acceptors (Lipinski definition) is 4. The van der Waals surface area contributed by atoms with Crippen molar-refractivity contribution in [3.05, 3.63) is 34.9 Å². The molecule has 24 heavy (non-hydrogen) atoms. The molecule has 0 N–H and O–H groups in total. The van der Waals surface area contributed by atoms with Crippen molar-refractivity contribution in [3.8, 4) is 0 Å². The number of imide groups is 1. The van der Waals surface area contributed by atoms with Gasteiger partial charge in [0, 0.05) is 25.3 Å². The number of nitrogens with zero attached hydrogens (tertiary/aromatic N) is 2. The van der Waals surface area contributed by atoms with Crippen LogP contribution in [0.25, 0.3) is 0 Å². The van der Waals surface area contributed by atoms with Gasteiger partial charge in [0.25, 0.3) is 17.7 Å². The van der Waals surface area contributed by atoms with E-state index in [0.29, 0.717) is 29.8 Å². The summed E-state index contributed by atoms with van der Waals surface area (Å²) in [5.41, 5.74) is 1.20. The second kappa shape index (κ2) is 6.02. The molecule has 0 aromatic heterocycles. The van der Waals surface area contributed by atoms with Gasteiger partial charge in [-0.1, -0.05) is 0 Å². The van der Waals surface area contributed by atoms with E-state index >= 15 is 0 Å². The summed E-state index contributed by atoms with van der Waals surface area (Å²) >= 11 is 0. The smallest absolute Gasteiger partial charge is 0.261 e. The van der Waals surface area contributed by atoms with Gasteiger partial charge in [-0.25, -0.2) is 0 Å². The lowest BCUT2D eigenvalue weighted by Crippen LogP contribution is -2.36. The maximum absolute atomic E-state index is 12.6. The number of amides is 3. The highest BCUT2D eigenvalue weighted by molar-refractivity contribution is 6.22. The van der Waals surface area contributed by atoms with Crippen molar-refractivity contribution in [2.45, 2.75) is 31.8 Å². The Morgan fingerprint density at radius 3 is 2.54 bits per heavy atom. The molecular weight excluding hydrogens is 308 g/mol. The molecule has 0 spiro atoms. The number of fused-ring (bicyclic) bond motifs is 1. The van der Waals surface area contributed by atoms with Gasteiger partial charge < -0.3 is 9.64 Å². The van der Waals surface area contributed by atoms with Crippen molar-refractivity contribution in [3.63, 3.8) is 0 Å². The molecule has 0 aliphatic carbocycles. The quantitative estimate of drug-likeness (QED) is 0.792. The van der Waals surface area contributed by atoms with Crippen LogP contribution in [0.4, 0.5) is 0 Å². The van der Waals surface area contributed by atoms with Gasteiger partial charge in [0.2, 0.25) is 0 Å². The number of hydrogen-bond donors (Lipinski definition) is 0. The second-order valence-electron chi connectivity index (χ2n) is 6.62. The lowest BCUT2D eigenvalue weighted by atomic mass is 10.0. The normalized spacial score (nSPS) is 23.2. The van der Waals surface area contributed by atoms with E-state index in [-0.39, 0.29) is 23.8 Å². The molecule has 3 amide bonds. The number of carbonyl (C=O) groups excluding carboxylic acids is 3. The summed E-state index contributed by atoms with van der Waals surface area (Å²) in [4.78, 5) is 40.6. The molecule has 4 rings (SSSR count). The largest absolute Gasteiger partial charge is 0.376 e. The average molecular weight is 328 g/mol. The third kappa shape index (κ3) is 2.51. The first-order valence-corrected chi connectivity index (χ1v) is 8.56. The van der Waals surface area contributed by atoms with Crippen molar-refractivity contribution in [2.75, 3.05) is 26.2 Å². The molecule has 3 heterocycles. The first-order valence-electron chi connectivity index (χ1n) is 8.56. The van der Waals surface area contributed by atoms with E-state index in [4.69, 9.17) is 4.74 Å². The molecule has 3 aliphatic heterocycles. The fourth-order valence-corrected chi connectivity index (χ4v) is 3.68. The predicted octanol–water partition coefficient (Wildman–Crippen LogP) is 1.70. The van der Waals surface area contributed by atoms with Crippen molar-refractivity contribution in [1.29, 1.82) is 0 Å². The molecule has 6 nitrogen and oxygen atoms in total. The zero-order valence-electron chi connectivity index (χ0n) is 13.5. The van der Waals surface area contributed by atoms with Crippen LogP contribution in [0.3, 0.4) is 0 Å². The number of likely N-dealkylation sites (tertiary alicyclic amines) is 1. The van der Waals surface area contributed by atoms with E-state index in [1.807, 2.05) is 0 Å². The highest BCUT2D eigenvalue weighted by Crippen LogP contribution is 2.27. The van der Waals surface area contributed by atoms with Crippen LogP contribution >= 0.6 is 0 Å². The first-order chi connectivity index (χ1) is 11.6. The van der Waals surface area contributed by atoms with Crippen LogP contribution in [0.1, 0.15) is 56.8 Å². The maximum atomic E-state index is 12.6. The Bertz CT molecular complexity index is 703. The standard InChI is InChI=1S/C18H20N2O4/c21-16(19-7-1-2-8-19)12-5-6-14-15(10-12)18(23)20(17(14)22)11-13-4-3-9-24-13/h5-6,10,13H,1-4,7-9,11H2. The molecule has 2 fully saturated rings. The van der Waals surface area contributed by atoms with E-state index in [0.717, 1.165) is 38.8 Å². The summed E-state index contributed by atoms with van der Waals surface area (Å²) in [6, 6.07) is 4.83. The molecule has 1 aromatic carbocycles. The maximum Gasteiger partial charge on any atom is 0.261 e. The van der Waals surface area contributed by atoms with Gasteiger partial charge >= 0.3 is 0 Å². The molecule has 0 bridgehead atoms. The van der Waals surface area contributed by atoms with E-state index in [2.05, 4.69) is 0 Å². The lowest BCUT2D eigenvalue weighted by Gasteiger charge is -2.18. The van der Waals surface area contributed by atoms with Crippen LogP contribution in [-0.4, -0.2) is 59.9 Å². The van der Waals surface area contributed by atoms with E-state index in [1.54, 1.807) is 23.1 Å². The van der Waals surface area contributed by atoms with Crippen molar-refractivity contribution in [1.82, 2.24) is 9.80 Å². The van der Waals surface area contributed by atoms with Crippen LogP contribution in [0.2, 0.25) is 0 Å². The van der Waals surface area contributed by atoms with Gasteiger partial charge in [0.15, 0.2) is 0 Å². The van der Waals surface area contributed by atoms with Crippen LogP contribution in [-0.2, 0) is 4.74 Å². The summed E-state index contributed by atoms with van der Waals surface area (Å²) < 4.78 is 5.53. The second-order valence-corrected chi connectivity index (χ2v) is 6.62. The predicted molar refractivity (Wildman–Crippen MR) is 85.9 cm³/mol. The zero-order valence-corrected chi connectivity index (χ0v) is 13.5. The molecule has 6 heteroatoms. The summed E-state index contributed by atoms with van der Waals surface area (Å²) in [5.74, 6) is -0.666. The monoisotopic (exact) mass is 328 g/mol. The Balaban J connectivity index is 1.57. The molecule has 1 unspecified atom stereocenters. The SMILES string of the molecule is O=C(c1ccc2c(c1)C(=O)N(CC1CCCO1)C2=O)N1CCCC1. The molecule has 1 atom stereocenters. The van der Waals surface area contributed by atoms with Gasteiger partial charge in [-0.3, -0.25) is 19.3 Å². The Hall–Kier alpha value is -2.21. The lowest BCUT2D eigenvalue weighted by molar-refractivity contribution is 0.0475. The summed E-state index contributed by atoms with van der Waals surface area (Å²) in [6.45, 7) is 2.49. The van der Waals surface area contributed by atoms with Crippen molar-refractivity contribution < 1.29 is 19.1 Å². The highest BCUT2D eigenvalue weighted by atomic mass is 16.5. The van der Waals surface area contributed by atoms with Gasteiger partial charge in [0.05, 0.1) is 23.8 Å². The topological polar surface area (TPSA) is 66.9 Å². The summed E-state index contributed by atoms with van der Waals surface area (Å²) in [7, 11) is 0.